The molecular weight excluding hydrogens is 474 g/mol. The van der Waals surface area contributed by atoms with E-state index in [9.17, 15) is 22.4 Å². The molecule has 2 heterocycles. The van der Waals surface area contributed by atoms with Crippen molar-refractivity contribution in [2.75, 3.05) is 24.7 Å². The lowest BCUT2D eigenvalue weighted by Crippen LogP contribution is -2.25. The molecule has 1 amide bonds. The summed E-state index contributed by atoms with van der Waals surface area (Å²) in [6.45, 7) is 3.84. The summed E-state index contributed by atoms with van der Waals surface area (Å²) in [5.74, 6) is 0.401. The van der Waals surface area contributed by atoms with Gasteiger partial charge in [0, 0.05) is 37.8 Å². The van der Waals surface area contributed by atoms with Gasteiger partial charge in [-0.15, -0.1) is 10.2 Å². The predicted octanol–water partition coefficient (Wildman–Crippen LogP) is 5.13. The smallest absolute Gasteiger partial charge is 0.321 e. The second-order valence-electron chi connectivity index (χ2n) is 9.17. The molecule has 36 heavy (non-hydrogen) atoms. The van der Waals surface area contributed by atoms with Gasteiger partial charge >= 0.3 is 6.18 Å². The zero-order valence-corrected chi connectivity index (χ0v) is 20.5. The molecule has 1 aliphatic rings. The van der Waals surface area contributed by atoms with Crippen LogP contribution < -0.4 is 4.90 Å². The van der Waals surface area contributed by atoms with Gasteiger partial charge in [-0.05, 0) is 53.4 Å². The molecule has 0 bridgehead atoms. The number of fused-ring (bicyclic) bond motifs is 1. The van der Waals surface area contributed by atoms with Crippen molar-refractivity contribution in [3.8, 4) is 0 Å². The van der Waals surface area contributed by atoms with Crippen LogP contribution >= 0.6 is 0 Å². The number of alkyl halides is 4. The molecule has 192 valence electrons. The highest BCUT2D eigenvalue weighted by Crippen LogP contribution is 2.40. The third kappa shape index (κ3) is 5.28. The van der Waals surface area contributed by atoms with Gasteiger partial charge in [-0.3, -0.25) is 9.69 Å². The summed E-state index contributed by atoms with van der Waals surface area (Å²) in [6.07, 6.45) is -2.36. The van der Waals surface area contributed by atoms with E-state index in [1.807, 2.05) is 37.6 Å². The summed E-state index contributed by atoms with van der Waals surface area (Å²) in [6, 6.07) is 9.93. The Labute approximate surface area is 207 Å². The van der Waals surface area contributed by atoms with E-state index in [4.69, 9.17) is 0 Å². The predicted molar refractivity (Wildman–Crippen MR) is 128 cm³/mol. The van der Waals surface area contributed by atoms with Gasteiger partial charge in [-0.25, -0.2) is 4.39 Å². The monoisotopic (exact) mass is 503 g/mol. The molecule has 3 aromatic rings. The fourth-order valence-electron chi connectivity index (χ4n) is 4.63. The van der Waals surface area contributed by atoms with Crippen LogP contribution in [-0.4, -0.2) is 45.3 Å². The maximum Gasteiger partial charge on any atom is 0.416 e. The highest BCUT2D eigenvalue weighted by molar-refractivity contribution is 6.10. The number of benzene rings is 2. The Morgan fingerprint density at radius 2 is 1.97 bits per heavy atom. The number of hydrogen-bond acceptors (Lipinski definition) is 4. The Morgan fingerprint density at radius 3 is 2.61 bits per heavy atom. The van der Waals surface area contributed by atoms with E-state index in [1.165, 1.54) is 11.0 Å². The standard InChI is InChI=1S/C26H29F4N5O/c1-4-34(9-8-27)14-18-11-21-22(23(12-18)26(28,29)30)15-35(25(21)36)20-7-5-6-19(13-20)17(2)10-24-32-31-16-33(24)3/h5-7,11-13,16-17H,4,8-10,14-15H2,1-3H3/t17-/m1/s1/i1+0,8+0. The molecule has 0 N–H and O–H groups in total. The first-order valence-corrected chi connectivity index (χ1v) is 11.9. The van der Waals surface area contributed by atoms with E-state index in [0.717, 1.165) is 17.5 Å². The first kappa shape index (κ1) is 25.8. The topological polar surface area (TPSA) is 54.3 Å². The molecular formula is C26H29F4N5O. The second-order valence-corrected chi connectivity index (χ2v) is 9.17. The van der Waals surface area contributed by atoms with Crippen LogP contribution in [0.25, 0.3) is 0 Å². The van der Waals surface area contributed by atoms with E-state index >= 15 is 0 Å². The average Bonchev–Trinajstić information content (AvgIpc) is 3.40. The normalized spacial score (nSPS) is 14.6. The van der Waals surface area contributed by atoms with Crippen molar-refractivity contribution in [3.05, 3.63) is 76.4 Å². The van der Waals surface area contributed by atoms with Crippen molar-refractivity contribution < 1.29 is 22.4 Å². The number of carbonyl (C=O) groups excluding carboxylic acids is 1. The Bertz CT molecular complexity index is 1240. The zero-order valence-electron chi connectivity index (χ0n) is 20.5. The number of hydrogen-bond donors (Lipinski definition) is 0. The van der Waals surface area contributed by atoms with Crippen molar-refractivity contribution in [3.63, 3.8) is 0 Å². The molecule has 10 heteroatoms. The van der Waals surface area contributed by atoms with Crippen LogP contribution in [0.2, 0.25) is 0 Å². The van der Waals surface area contributed by atoms with E-state index < -0.39 is 24.3 Å². The first-order valence-electron chi connectivity index (χ1n) is 11.9. The van der Waals surface area contributed by atoms with Gasteiger partial charge in [-0.2, -0.15) is 13.2 Å². The number of aromatic nitrogens is 3. The molecule has 1 aromatic heterocycles. The van der Waals surface area contributed by atoms with E-state index in [0.29, 0.717) is 24.2 Å². The van der Waals surface area contributed by atoms with Crippen molar-refractivity contribution in [2.24, 2.45) is 7.05 Å². The molecule has 0 fully saturated rings. The largest absolute Gasteiger partial charge is 0.416 e. The Kier molecular flexibility index (Phi) is 7.44. The van der Waals surface area contributed by atoms with Crippen LogP contribution in [0.1, 0.15) is 58.2 Å². The van der Waals surface area contributed by atoms with Gasteiger partial charge in [0.25, 0.3) is 5.91 Å². The fourth-order valence-corrected chi connectivity index (χ4v) is 4.63. The van der Waals surface area contributed by atoms with Crippen molar-refractivity contribution in [2.45, 2.75) is 45.5 Å². The maximum absolute atomic E-state index is 14.0. The summed E-state index contributed by atoms with van der Waals surface area (Å²) in [7, 11) is 1.86. The zero-order chi connectivity index (χ0) is 26.0. The lowest BCUT2D eigenvalue weighted by molar-refractivity contribution is -0.138. The van der Waals surface area contributed by atoms with Crippen LogP contribution in [0.3, 0.4) is 0 Å². The second kappa shape index (κ2) is 10.4. The molecule has 0 saturated carbocycles. The number of nitrogens with zero attached hydrogens (tertiary/aromatic N) is 5. The molecule has 0 unspecified atom stereocenters. The van der Waals surface area contributed by atoms with Gasteiger partial charge in [0.1, 0.15) is 18.8 Å². The highest BCUT2D eigenvalue weighted by atomic mass is 19.4. The maximum atomic E-state index is 14.0. The summed E-state index contributed by atoms with van der Waals surface area (Å²) in [4.78, 5) is 16.5. The number of amides is 1. The van der Waals surface area contributed by atoms with Crippen LogP contribution in [0.4, 0.5) is 23.2 Å². The van der Waals surface area contributed by atoms with Crippen LogP contribution in [0, 0.1) is 0 Å². The third-order valence-corrected chi connectivity index (χ3v) is 6.71. The van der Waals surface area contributed by atoms with Gasteiger partial charge in [0.15, 0.2) is 0 Å². The van der Waals surface area contributed by atoms with Gasteiger partial charge in [0.05, 0.1) is 12.1 Å². The quantitative estimate of drug-likeness (QED) is 0.380. The van der Waals surface area contributed by atoms with E-state index in [2.05, 4.69) is 10.2 Å². The molecule has 1 aliphatic heterocycles. The van der Waals surface area contributed by atoms with Crippen molar-refractivity contribution >= 4 is 11.6 Å². The molecule has 0 radical (unpaired) electrons. The lowest BCUT2D eigenvalue weighted by atomic mass is 9.97. The summed E-state index contributed by atoms with van der Waals surface area (Å²) in [5, 5.41) is 8.01. The number of carbonyl (C=O) groups is 1. The minimum Gasteiger partial charge on any atom is -0.321 e. The Morgan fingerprint density at radius 1 is 1.19 bits per heavy atom. The summed E-state index contributed by atoms with van der Waals surface area (Å²) >= 11 is 0. The first-order chi connectivity index (χ1) is 17.1. The average molecular weight is 504 g/mol. The molecule has 0 aliphatic carbocycles. The van der Waals surface area contributed by atoms with E-state index in [1.54, 1.807) is 23.4 Å². The van der Waals surface area contributed by atoms with Gasteiger partial charge in [0.2, 0.25) is 0 Å². The van der Waals surface area contributed by atoms with Crippen molar-refractivity contribution in [1.82, 2.24) is 19.7 Å². The van der Waals surface area contributed by atoms with Crippen molar-refractivity contribution in [1.29, 1.82) is 0 Å². The highest BCUT2D eigenvalue weighted by Gasteiger charge is 2.40. The number of anilines is 1. The molecule has 2 aromatic carbocycles. The number of aryl methyl sites for hydroxylation is 1. The minimum absolute atomic E-state index is 0.0256. The van der Waals surface area contributed by atoms with E-state index in [-0.39, 0.29) is 36.7 Å². The number of rotatable bonds is 9. The van der Waals surface area contributed by atoms with Gasteiger partial charge in [-0.1, -0.05) is 26.0 Å². The van der Waals surface area contributed by atoms with Crippen LogP contribution in [-0.2, 0) is 32.7 Å². The molecule has 6 nitrogen and oxygen atoms in total. The number of halogens is 4. The summed E-state index contributed by atoms with van der Waals surface area (Å²) in [5.41, 5.74) is 1.05. The molecule has 1 atom stereocenters. The van der Waals surface area contributed by atoms with Gasteiger partial charge < -0.3 is 9.47 Å². The Balaban J connectivity index is 1.64. The lowest BCUT2D eigenvalue weighted by Gasteiger charge is -2.20. The minimum atomic E-state index is -4.61. The summed E-state index contributed by atoms with van der Waals surface area (Å²) < 4.78 is 56.7. The SMILES string of the molecule is C[C@H](Cc1nncn1C)c1cccc(N2Cc3c(cc(CN(C[12CH3])C[12CH2]F)cc3C(F)(F)F)C2=O)c1. The van der Waals surface area contributed by atoms with Crippen LogP contribution in [0.15, 0.2) is 42.7 Å². The van der Waals surface area contributed by atoms with Crippen LogP contribution in [0.5, 0.6) is 0 Å². The third-order valence-electron chi connectivity index (χ3n) is 6.71. The molecule has 0 spiro atoms. The fraction of sp³-hybridized carbons (Fsp3) is 0.423. The molecule has 0 saturated heterocycles. The Hall–Kier alpha value is -3.27. The molecule has 4 rings (SSSR count).